The van der Waals surface area contributed by atoms with Crippen molar-refractivity contribution >= 4 is 12.0 Å². The van der Waals surface area contributed by atoms with Gasteiger partial charge < -0.3 is 20.3 Å². The van der Waals surface area contributed by atoms with E-state index in [1.165, 1.54) is 13.8 Å². The minimum atomic E-state index is -1.01. The van der Waals surface area contributed by atoms with Crippen LogP contribution in [0.2, 0.25) is 0 Å². The number of aliphatic carboxylic acids is 1. The summed E-state index contributed by atoms with van der Waals surface area (Å²) in [5, 5.41) is 17.3. The van der Waals surface area contributed by atoms with Gasteiger partial charge in [-0.3, -0.25) is 4.79 Å². The van der Waals surface area contributed by atoms with Crippen molar-refractivity contribution < 1.29 is 19.2 Å². The van der Waals surface area contributed by atoms with Crippen molar-refractivity contribution in [3.05, 3.63) is 12.2 Å². The lowest BCUT2D eigenvalue weighted by molar-refractivity contribution is -0.146. The van der Waals surface area contributed by atoms with Crippen molar-refractivity contribution in [1.82, 2.24) is 20.8 Å². The molecule has 3 N–H and O–H groups in total. The molecule has 0 aliphatic rings. The van der Waals surface area contributed by atoms with Crippen LogP contribution in [-0.4, -0.2) is 33.8 Å². The number of urea groups is 1. The van der Waals surface area contributed by atoms with Gasteiger partial charge in [-0.05, 0) is 13.8 Å². The van der Waals surface area contributed by atoms with E-state index in [2.05, 4.69) is 25.3 Å². The van der Waals surface area contributed by atoms with Crippen LogP contribution in [0.5, 0.6) is 0 Å². The van der Waals surface area contributed by atoms with Crippen LogP contribution in [0, 0.1) is 5.41 Å². The average molecular weight is 242 g/mol. The Morgan fingerprint density at radius 3 is 2.71 bits per heavy atom. The van der Waals surface area contributed by atoms with Gasteiger partial charge in [0, 0.05) is 6.54 Å². The first-order chi connectivity index (χ1) is 7.92. The third-order valence-electron chi connectivity index (χ3n) is 2.08. The number of rotatable bonds is 5. The van der Waals surface area contributed by atoms with Crippen LogP contribution in [0.4, 0.5) is 4.79 Å². The minimum absolute atomic E-state index is 0.0282. The van der Waals surface area contributed by atoms with E-state index in [0.29, 0.717) is 5.82 Å². The van der Waals surface area contributed by atoms with Gasteiger partial charge >= 0.3 is 12.0 Å². The Balaban J connectivity index is 2.28. The van der Waals surface area contributed by atoms with Crippen molar-refractivity contribution in [2.45, 2.75) is 20.4 Å². The predicted octanol–water partition coefficient (Wildman–Crippen LogP) is -0.0204. The summed E-state index contributed by atoms with van der Waals surface area (Å²) >= 11 is 0. The summed E-state index contributed by atoms with van der Waals surface area (Å²) in [7, 11) is 0. The average Bonchev–Trinajstić information content (AvgIpc) is 2.76. The molecule has 0 spiro atoms. The van der Waals surface area contributed by atoms with Gasteiger partial charge in [-0.15, -0.1) is 0 Å². The van der Waals surface area contributed by atoms with E-state index in [1.54, 1.807) is 0 Å². The van der Waals surface area contributed by atoms with Gasteiger partial charge in [0.05, 0.1) is 12.0 Å². The quantitative estimate of drug-likeness (QED) is 0.667. The molecule has 0 bridgehead atoms. The molecule has 1 aromatic rings. The Labute approximate surface area is 97.4 Å². The lowest BCUT2D eigenvalue weighted by atomic mass is 9.94. The maximum absolute atomic E-state index is 11.3. The van der Waals surface area contributed by atoms with Gasteiger partial charge in [0.1, 0.15) is 0 Å². The fraction of sp³-hybridized carbons (Fsp3) is 0.556. The highest BCUT2D eigenvalue weighted by Gasteiger charge is 2.27. The topological polar surface area (TPSA) is 117 Å². The Bertz CT molecular complexity index is 388. The van der Waals surface area contributed by atoms with E-state index >= 15 is 0 Å². The number of carbonyl (C=O) groups is 2. The van der Waals surface area contributed by atoms with Crippen molar-refractivity contribution in [3.63, 3.8) is 0 Å². The van der Waals surface area contributed by atoms with Crippen LogP contribution in [-0.2, 0) is 11.3 Å². The largest absolute Gasteiger partial charge is 0.481 e. The van der Waals surface area contributed by atoms with Gasteiger partial charge in [0.2, 0.25) is 6.39 Å². The maximum atomic E-state index is 11.3. The molecule has 8 nitrogen and oxygen atoms in total. The molecule has 0 aliphatic carbocycles. The Hall–Kier alpha value is -2.12. The number of carboxylic acid groups (broad SMARTS) is 1. The van der Waals surface area contributed by atoms with Crippen LogP contribution < -0.4 is 10.6 Å². The number of amides is 2. The summed E-state index contributed by atoms with van der Waals surface area (Å²) < 4.78 is 4.48. The normalized spacial score (nSPS) is 10.9. The van der Waals surface area contributed by atoms with Crippen molar-refractivity contribution in [3.8, 4) is 0 Å². The summed E-state index contributed by atoms with van der Waals surface area (Å²) in [5.74, 6) is -0.631. The highest BCUT2D eigenvalue weighted by atomic mass is 16.5. The summed E-state index contributed by atoms with van der Waals surface area (Å²) in [6.07, 6.45) is 1.16. The second kappa shape index (κ2) is 5.28. The molecule has 1 heterocycles. The van der Waals surface area contributed by atoms with E-state index < -0.39 is 17.4 Å². The van der Waals surface area contributed by atoms with Crippen LogP contribution in [0.15, 0.2) is 10.9 Å². The highest BCUT2D eigenvalue weighted by molar-refractivity contribution is 5.77. The summed E-state index contributed by atoms with van der Waals surface area (Å²) in [6, 6.07) is -0.482. The number of aromatic nitrogens is 2. The third-order valence-corrected chi connectivity index (χ3v) is 2.08. The Morgan fingerprint density at radius 2 is 2.18 bits per heavy atom. The van der Waals surface area contributed by atoms with Gasteiger partial charge in [-0.2, -0.15) is 4.98 Å². The Kier molecular flexibility index (Phi) is 4.02. The number of hydrogen-bond donors (Lipinski definition) is 3. The lowest BCUT2D eigenvalue weighted by Crippen LogP contribution is -2.43. The van der Waals surface area contributed by atoms with Gasteiger partial charge in [0.15, 0.2) is 5.82 Å². The summed E-state index contributed by atoms with van der Waals surface area (Å²) in [5.41, 5.74) is -1.01. The molecule has 0 aliphatic heterocycles. The summed E-state index contributed by atoms with van der Waals surface area (Å²) in [4.78, 5) is 25.8. The molecular weight excluding hydrogens is 228 g/mol. The molecule has 1 rings (SSSR count). The first-order valence-corrected chi connectivity index (χ1v) is 4.92. The van der Waals surface area contributed by atoms with E-state index in [1.807, 2.05) is 0 Å². The zero-order valence-electron chi connectivity index (χ0n) is 9.56. The van der Waals surface area contributed by atoms with Crippen LogP contribution in [0.1, 0.15) is 19.7 Å². The fourth-order valence-electron chi connectivity index (χ4n) is 0.869. The standard InChI is InChI=1S/C9H14N4O4/c1-9(2,7(14)15)4-11-8(16)10-3-6-12-5-17-13-6/h5H,3-4H2,1-2H3,(H,14,15)(H2,10,11,16). The van der Waals surface area contributed by atoms with Crippen LogP contribution in [0.25, 0.3) is 0 Å². The molecule has 8 heteroatoms. The van der Waals surface area contributed by atoms with Crippen molar-refractivity contribution in [1.29, 1.82) is 0 Å². The molecule has 94 valence electrons. The molecule has 0 atom stereocenters. The molecular formula is C9H14N4O4. The highest BCUT2D eigenvalue weighted by Crippen LogP contribution is 2.12. The lowest BCUT2D eigenvalue weighted by Gasteiger charge is -2.19. The first kappa shape index (κ1) is 12.9. The number of carboxylic acids is 1. The molecule has 0 radical (unpaired) electrons. The van der Waals surface area contributed by atoms with Crippen LogP contribution in [0.3, 0.4) is 0 Å². The monoisotopic (exact) mass is 242 g/mol. The van der Waals surface area contributed by atoms with Crippen molar-refractivity contribution in [2.75, 3.05) is 6.54 Å². The smallest absolute Gasteiger partial charge is 0.315 e. The molecule has 0 aromatic carbocycles. The molecule has 1 aromatic heterocycles. The van der Waals surface area contributed by atoms with Crippen LogP contribution >= 0.6 is 0 Å². The molecule has 0 saturated heterocycles. The summed E-state index contributed by atoms with van der Waals surface area (Å²) in [6.45, 7) is 3.19. The second-order valence-corrected chi connectivity index (χ2v) is 4.07. The minimum Gasteiger partial charge on any atom is -0.481 e. The van der Waals surface area contributed by atoms with Gasteiger partial charge in [-0.25, -0.2) is 4.79 Å². The predicted molar refractivity (Wildman–Crippen MR) is 56.0 cm³/mol. The van der Waals surface area contributed by atoms with Gasteiger partial charge in [0.25, 0.3) is 0 Å². The van der Waals surface area contributed by atoms with E-state index in [-0.39, 0.29) is 13.1 Å². The number of hydrogen-bond acceptors (Lipinski definition) is 5. The second-order valence-electron chi connectivity index (χ2n) is 4.07. The molecule has 0 unspecified atom stereocenters. The molecule has 2 amide bonds. The fourth-order valence-corrected chi connectivity index (χ4v) is 0.869. The zero-order chi connectivity index (χ0) is 12.9. The maximum Gasteiger partial charge on any atom is 0.315 e. The third kappa shape index (κ3) is 4.09. The number of carbonyl (C=O) groups excluding carboxylic acids is 1. The molecule has 17 heavy (non-hydrogen) atoms. The van der Waals surface area contributed by atoms with Gasteiger partial charge in [-0.1, -0.05) is 5.16 Å². The molecule has 0 saturated carbocycles. The number of nitrogens with zero attached hydrogens (tertiary/aromatic N) is 2. The van der Waals surface area contributed by atoms with E-state index in [0.717, 1.165) is 6.39 Å². The zero-order valence-corrected chi connectivity index (χ0v) is 9.56. The van der Waals surface area contributed by atoms with Crippen molar-refractivity contribution in [2.24, 2.45) is 5.41 Å². The SMILES string of the molecule is CC(C)(CNC(=O)NCc1ncon1)C(=O)O. The van der Waals surface area contributed by atoms with E-state index in [4.69, 9.17) is 5.11 Å². The van der Waals surface area contributed by atoms with E-state index in [9.17, 15) is 9.59 Å². The molecule has 0 fully saturated rings. The first-order valence-electron chi connectivity index (χ1n) is 4.92. The Morgan fingerprint density at radius 1 is 1.47 bits per heavy atom. The number of nitrogens with one attached hydrogen (secondary N) is 2.